The Kier molecular flexibility index (Phi) is 8.92. The summed E-state index contributed by atoms with van der Waals surface area (Å²) in [4.78, 5) is 32.8. The summed E-state index contributed by atoms with van der Waals surface area (Å²) in [6.45, 7) is 4.36. The number of anilines is 2. The van der Waals surface area contributed by atoms with Gasteiger partial charge in [0.1, 0.15) is 24.3 Å². The average molecular weight is 696 g/mol. The van der Waals surface area contributed by atoms with Gasteiger partial charge < -0.3 is 14.7 Å². The normalized spacial score (nSPS) is 16.4. The Balaban J connectivity index is 1.25. The second-order valence-corrected chi connectivity index (χ2v) is 14.4. The third-order valence-electron chi connectivity index (χ3n) is 9.29. The maximum Gasteiger partial charge on any atom is 0.284 e. The SMILES string of the molecule is CC(=O)N1CCN(c2nc(CCc3ccccc3S(=O)(=O)n3cncn3)nc3c2CCN(c2cccc4cccc(Cl)c24)C3)C[C@@H]1CC#N. The van der Waals surface area contributed by atoms with Gasteiger partial charge in [0.05, 0.1) is 40.7 Å². The Hall–Kier alpha value is -5.06. The molecular formula is C35H34ClN9O3S. The van der Waals surface area contributed by atoms with Crippen molar-refractivity contribution in [3.8, 4) is 6.07 Å². The summed E-state index contributed by atoms with van der Waals surface area (Å²) in [7, 11) is -3.94. The largest absolute Gasteiger partial charge is 0.365 e. The van der Waals surface area contributed by atoms with Crippen LogP contribution in [0, 0.1) is 11.3 Å². The molecule has 0 spiro atoms. The van der Waals surface area contributed by atoms with Crippen molar-refractivity contribution in [2.75, 3.05) is 36.0 Å². The van der Waals surface area contributed by atoms with Crippen LogP contribution in [-0.4, -0.2) is 75.6 Å². The Bertz CT molecular complexity index is 2180. The highest BCUT2D eigenvalue weighted by molar-refractivity contribution is 7.89. The topological polar surface area (TPSA) is 141 Å². The molecule has 2 aliphatic heterocycles. The van der Waals surface area contributed by atoms with Crippen molar-refractivity contribution in [2.24, 2.45) is 0 Å². The summed E-state index contributed by atoms with van der Waals surface area (Å²) in [5.41, 5.74) is 3.60. The molecule has 12 nitrogen and oxygen atoms in total. The number of carbonyl (C=O) groups excluding carboxylic acids is 1. The van der Waals surface area contributed by atoms with E-state index in [1.165, 1.54) is 12.7 Å². The Morgan fingerprint density at radius 2 is 1.82 bits per heavy atom. The van der Waals surface area contributed by atoms with Crippen molar-refractivity contribution in [3.05, 3.63) is 101 Å². The van der Waals surface area contributed by atoms with Crippen LogP contribution in [-0.2, 0) is 40.6 Å². The van der Waals surface area contributed by atoms with E-state index in [1.807, 2.05) is 24.3 Å². The quantitative estimate of drug-likeness (QED) is 0.229. The minimum Gasteiger partial charge on any atom is -0.365 e. The predicted molar refractivity (Wildman–Crippen MR) is 186 cm³/mol. The Labute approximate surface area is 289 Å². The average Bonchev–Trinajstić information content (AvgIpc) is 3.67. The van der Waals surface area contributed by atoms with Crippen LogP contribution in [0.3, 0.4) is 0 Å². The molecule has 0 unspecified atom stereocenters. The number of amides is 1. The molecular weight excluding hydrogens is 662 g/mol. The van der Waals surface area contributed by atoms with E-state index in [2.05, 4.69) is 44.2 Å². The van der Waals surface area contributed by atoms with E-state index in [1.54, 1.807) is 30.0 Å². The lowest BCUT2D eigenvalue weighted by atomic mass is 10.0. The van der Waals surface area contributed by atoms with Crippen LogP contribution in [0.2, 0.25) is 5.02 Å². The van der Waals surface area contributed by atoms with E-state index in [-0.39, 0.29) is 23.3 Å². The van der Waals surface area contributed by atoms with Gasteiger partial charge in [-0.1, -0.05) is 54.1 Å². The first-order valence-corrected chi connectivity index (χ1v) is 17.9. The molecule has 1 fully saturated rings. The number of rotatable bonds is 8. The molecule has 2 aliphatic rings. The highest BCUT2D eigenvalue weighted by Crippen LogP contribution is 2.37. The number of fused-ring (bicyclic) bond motifs is 2. The predicted octanol–water partition coefficient (Wildman–Crippen LogP) is 4.41. The minimum atomic E-state index is -3.94. The van der Waals surface area contributed by atoms with Gasteiger partial charge >= 0.3 is 0 Å². The van der Waals surface area contributed by atoms with Crippen molar-refractivity contribution in [1.82, 2.24) is 29.0 Å². The van der Waals surface area contributed by atoms with E-state index in [0.717, 1.165) is 44.2 Å². The van der Waals surface area contributed by atoms with Crippen LogP contribution < -0.4 is 9.80 Å². The lowest BCUT2D eigenvalue weighted by molar-refractivity contribution is -0.131. The second kappa shape index (κ2) is 13.4. The van der Waals surface area contributed by atoms with Crippen LogP contribution in [0.4, 0.5) is 11.5 Å². The zero-order chi connectivity index (χ0) is 34.1. The van der Waals surface area contributed by atoms with Crippen molar-refractivity contribution in [2.45, 2.75) is 50.1 Å². The number of nitriles is 1. The Morgan fingerprint density at radius 1 is 1.00 bits per heavy atom. The first kappa shape index (κ1) is 32.5. The molecule has 1 atom stereocenters. The molecule has 2 aromatic heterocycles. The van der Waals surface area contributed by atoms with Crippen molar-refractivity contribution in [3.63, 3.8) is 0 Å². The van der Waals surface area contributed by atoms with Gasteiger partial charge in [-0.25, -0.2) is 15.0 Å². The number of piperazine rings is 1. The molecule has 5 aromatic rings. The lowest BCUT2D eigenvalue weighted by Crippen LogP contribution is -2.55. The monoisotopic (exact) mass is 695 g/mol. The van der Waals surface area contributed by atoms with Crippen LogP contribution >= 0.6 is 11.6 Å². The first-order chi connectivity index (χ1) is 23.7. The number of halogens is 1. The van der Waals surface area contributed by atoms with E-state index < -0.39 is 10.0 Å². The van der Waals surface area contributed by atoms with Gasteiger partial charge in [-0.05, 0) is 42.0 Å². The first-order valence-electron chi connectivity index (χ1n) is 16.1. The van der Waals surface area contributed by atoms with E-state index >= 15 is 0 Å². The lowest BCUT2D eigenvalue weighted by Gasteiger charge is -2.42. The molecule has 4 heterocycles. The molecule has 3 aromatic carbocycles. The summed E-state index contributed by atoms with van der Waals surface area (Å²) >= 11 is 6.72. The van der Waals surface area contributed by atoms with Gasteiger partial charge in [0.15, 0.2) is 0 Å². The molecule has 0 aliphatic carbocycles. The fourth-order valence-electron chi connectivity index (χ4n) is 6.95. The number of aromatic nitrogens is 5. The molecule has 0 saturated carbocycles. The number of nitrogens with zero attached hydrogens (tertiary/aromatic N) is 9. The fourth-order valence-corrected chi connectivity index (χ4v) is 8.53. The molecule has 1 saturated heterocycles. The van der Waals surface area contributed by atoms with E-state index in [0.29, 0.717) is 61.9 Å². The van der Waals surface area contributed by atoms with Gasteiger partial charge in [0.2, 0.25) is 5.91 Å². The standard InChI is InChI=1S/C35H34ClN9O3S/c1-24(46)44-19-18-43(20-27(44)14-16-37)35-28-15-17-42(31-10-5-8-26-7-4-9-29(36)34(26)31)21-30(28)40-33(41-35)13-12-25-6-2-3-11-32(25)49(47,48)45-23-38-22-39-45/h2-11,22-23,27H,12-15,17-21H2,1H3/t27-/m0/s1. The number of benzene rings is 3. The summed E-state index contributed by atoms with van der Waals surface area (Å²) in [6, 6.07) is 21.0. The highest BCUT2D eigenvalue weighted by Gasteiger charge is 2.33. The third kappa shape index (κ3) is 6.29. The summed E-state index contributed by atoms with van der Waals surface area (Å²) < 4.78 is 27.6. The van der Waals surface area contributed by atoms with Crippen molar-refractivity contribution < 1.29 is 13.2 Å². The van der Waals surface area contributed by atoms with Gasteiger partial charge in [0, 0.05) is 56.2 Å². The summed E-state index contributed by atoms with van der Waals surface area (Å²) in [6.07, 6.45) is 4.05. The number of hydrogen-bond donors (Lipinski definition) is 0. The summed E-state index contributed by atoms with van der Waals surface area (Å²) in [5, 5.41) is 16.2. The van der Waals surface area contributed by atoms with Crippen LogP contribution in [0.15, 0.2) is 78.2 Å². The molecule has 0 bridgehead atoms. The molecule has 7 rings (SSSR count). The maximum atomic E-state index is 13.4. The number of carbonyl (C=O) groups is 1. The van der Waals surface area contributed by atoms with E-state index in [9.17, 15) is 18.5 Å². The molecule has 0 radical (unpaired) electrons. The smallest absolute Gasteiger partial charge is 0.284 e. The Morgan fingerprint density at radius 3 is 2.59 bits per heavy atom. The van der Waals surface area contributed by atoms with Crippen LogP contribution in [0.25, 0.3) is 10.8 Å². The zero-order valence-corrected chi connectivity index (χ0v) is 28.5. The van der Waals surface area contributed by atoms with Gasteiger partial charge in [-0.15, -0.1) is 9.19 Å². The van der Waals surface area contributed by atoms with E-state index in [4.69, 9.17) is 21.6 Å². The van der Waals surface area contributed by atoms with Crippen LogP contribution in [0.5, 0.6) is 0 Å². The number of hydrogen-bond acceptors (Lipinski definition) is 10. The zero-order valence-electron chi connectivity index (χ0n) is 26.9. The molecule has 0 N–H and O–H groups in total. The van der Waals surface area contributed by atoms with Gasteiger partial charge in [-0.2, -0.15) is 13.7 Å². The molecule has 1 amide bonds. The van der Waals surface area contributed by atoms with Gasteiger partial charge in [0.25, 0.3) is 10.0 Å². The minimum absolute atomic E-state index is 0.0470. The molecule has 14 heteroatoms. The van der Waals surface area contributed by atoms with Gasteiger partial charge in [-0.3, -0.25) is 4.79 Å². The highest BCUT2D eigenvalue weighted by atomic mass is 35.5. The third-order valence-corrected chi connectivity index (χ3v) is 11.2. The second-order valence-electron chi connectivity index (χ2n) is 12.2. The summed E-state index contributed by atoms with van der Waals surface area (Å²) in [5.74, 6) is 1.35. The molecule has 49 heavy (non-hydrogen) atoms. The van der Waals surface area contributed by atoms with Crippen molar-refractivity contribution in [1.29, 1.82) is 5.26 Å². The van der Waals surface area contributed by atoms with Crippen LogP contribution in [0.1, 0.15) is 36.0 Å². The maximum absolute atomic E-state index is 13.4. The van der Waals surface area contributed by atoms with Crippen molar-refractivity contribution >= 4 is 49.8 Å². The molecule has 250 valence electrons. The number of aryl methyl sites for hydroxylation is 2. The fraction of sp³-hybridized carbons (Fsp3) is 0.314.